The van der Waals surface area contributed by atoms with Gasteiger partial charge in [0.05, 0.1) is 11.8 Å². The summed E-state index contributed by atoms with van der Waals surface area (Å²) in [5, 5.41) is 17.5. The molecule has 1 aliphatic rings. The first kappa shape index (κ1) is 18.9. The van der Waals surface area contributed by atoms with E-state index in [1.165, 1.54) is 5.56 Å². The Hall–Kier alpha value is -3.41. The van der Waals surface area contributed by atoms with E-state index < -0.39 is 0 Å². The van der Waals surface area contributed by atoms with Crippen LogP contribution in [0.2, 0.25) is 0 Å². The molecule has 4 rings (SSSR count). The van der Waals surface area contributed by atoms with E-state index in [4.69, 9.17) is 0 Å². The van der Waals surface area contributed by atoms with E-state index in [2.05, 4.69) is 46.1 Å². The molecule has 0 aliphatic carbocycles. The highest BCUT2D eigenvalue weighted by molar-refractivity contribution is 6.08. The van der Waals surface area contributed by atoms with E-state index >= 15 is 0 Å². The minimum atomic E-state index is -0.143. The number of nitrogens with zero attached hydrogens (tertiary/aromatic N) is 2. The average Bonchev–Trinajstić information content (AvgIpc) is 2.73. The van der Waals surface area contributed by atoms with Gasteiger partial charge in [-0.05, 0) is 53.3 Å². The van der Waals surface area contributed by atoms with E-state index in [0.717, 1.165) is 35.6 Å². The fourth-order valence-corrected chi connectivity index (χ4v) is 3.66. The summed E-state index contributed by atoms with van der Waals surface area (Å²) in [6.07, 6.45) is 4.45. The fourth-order valence-electron chi connectivity index (χ4n) is 3.66. The van der Waals surface area contributed by atoms with E-state index in [-0.39, 0.29) is 11.3 Å². The second-order valence-electron chi connectivity index (χ2n) is 7.92. The van der Waals surface area contributed by atoms with Crippen LogP contribution in [-0.4, -0.2) is 22.6 Å². The molecule has 148 valence electrons. The Labute approximate surface area is 170 Å². The molecule has 6 nitrogen and oxygen atoms in total. The molecule has 6 heteroatoms. The summed E-state index contributed by atoms with van der Waals surface area (Å²) < 4.78 is 0. The van der Waals surface area contributed by atoms with Gasteiger partial charge in [-0.15, -0.1) is 0 Å². The highest BCUT2D eigenvalue weighted by atomic mass is 16.1. The summed E-state index contributed by atoms with van der Waals surface area (Å²) in [6.45, 7) is 6.02. The van der Waals surface area contributed by atoms with Crippen LogP contribution in [0.15, 0.2) is 60.9 Å². The van der Waals surface area contributed by atoms with E-state index in [0.29, 0.717) is 12.1 Å². The standard InChI is InChI=1S/C23H25N5O/c1-23(2)10-12-24-21-13-17(7-8-19(21)23)28-22(29)18-5-3-4-6-20(18)25-14-16-9-11-26-27-15-16/h3-9,11,13,15,24-25H,10,12,14H2,1-2H3,(H,28,29). The minimum Gasteiger partial charge on any atom is -0.385 e. The quantitative estimate of drug-likeness (QED) is 0.603. The number of anilines is 3. The highest BCUT2D eigenvalue weighted by Gasteiger charge is 2.27. The van der Waals surface area contributed by atoms with Crippen LogP contribution in [0.4, 0.5) is 17.1 Å². The summed E-state index contributed by atoms with van der Waals surface area (Å²) in [4.78, 5) is 12.9. The molecule has 1 aromatic heterocycles. The number of benzene rings is 2. The lowest BCUT2D eigenvalue weighted by Crippen LogP contribution is -2.28. The van der Waals surface area contributed by atoms with Crippen molar-refractivity contribution in [1.29, 1.82) is 0 Å². The topological polar surface area (TPSA) is 78.9 Å². The van der Waals surface area contributed by atoms with Gasteiger partial charge in [-0.25, -0.2) is 0 Å². The van der Waals surface area contributed by atoms with Crippen molar-refractivity contribution in [3.63, 3.8) is 0 Å². The van der Waals surface area contributed by atoms with E-state index in [1.807, 2.05) is 42.5 Å². The van der Waals surface area contributed by atoms with Gasteiger partial charge in [-0.2, -0.15) is 10.2 Å². The third-order valence-electron chi connectivity index (χ3n) is 5.37. The Bertz CT molecular complexity index is 1020. The maximum absolute atomic E-state index is 12.9. The van der Waals surface area contributed by atoms with Crippen LogP contribution in [-0.2, 0) is 12.0 Å². The monoisotopic (exact) mass is 387 g/mol. The Morgan fingerprint density at radius 2 is 2.00 bits per heavy atom. The number of carbonyl (C=O) groups excluding carboxylic acids is 1. The smallest absolute Gasteiger partial charge is 0.257 e. The third-order valence-corrected chi connectivity index (χ3v) is 5.37. The van der Waals surface area contributed by atoms with Crippen LogP contribution in [0, 0.1) is 0 Å². The zero-order valence-corrected chi connectivity index (χ0v) is 16.7. The number of hydrogen-bond donors (Lipinski definition) is 3. The molecule has 0 radical (unpaired) electrons. The second-order valence-corrected chi connectivity index (χ2v) is 7.92. The number of fused-ring (bicyclic) bond motifs is 1. The molecule has 0 fully saturated rings. The predicted molar refractivity (Wildman–Crippen MR) is 116 cm³/mol. The van der Waals surface area contributed by atoms with Gasteiger partial charge in [0.1, 0.15) is 0 Å². The SMILES string of the molecule is CC1(C)CCNc2cc(NC(=O)c3ccccc3NCc3ccnnc3)ccc21. The molecule has 0 saturated heterocycles. The lowest BCUT2D eigenvalue weighted by atomic mass is 9.78. The Morgan fingerprint density at radius 1 is 1.14 bits per heavy atom. The van der Waals surface area contributed by atoms with Crippen molar-refractivity contribution in [3.8, 4) is 0 Å². The van der Waals surface area contributed by atoms with Gasteiger partial charge in [0.15, 0.2) is 0 Å². The summed E-state index contributed by atoms with van der Waals surface area (Å²) in [5.74, 6) is -0.143. The van der Waals surface area contributed by atoms with Crippen LogP contribution in [0.3, 0.4) is 0 Å². The molecule has 1 aliphatic heterocycles. The number of rotatable bonds is 5. The molecule has 3 aromatic rings. The first-order chi connectivity index (χ1) is 14.0. The maximum Gasteiger partial charge on any atom is 0.257 e. The van der Waals surface area contributed by atoms with Crippen molar-refractivity contribution < 1.29 is 4.79 Å². The largest absolute Gasteiger partial charge is 0.385 e. The lowest BCUT2D eigenvalue weighted by Gasteiger charge is -2.33. The summed E-state index contributed by atoms with van der Waals surface area (Å²) in [7, 11) is 0. The summed E-state index contributed by atoms with van der Waals surface area (Å²) in [6, 6.07) is 15.5. The Morgan fingerprint density at radius 3 is 2.83 bits per heavy atom. The van der Waals surface area contributed by atoms with Crippen molar-refractivity contribution >= 4 is 23.0 Å². The highest BCUT2D eigenvalue weighted by Crippen LogP contribution is 2.37. The zero-order chi connectivity index (χ0) is 20.3. The molecule has 29 heavy (non-hydrogen) atoms. The number of aromatic nitrogens is 2. The van der Waals surface area contributed by atoms with Crippen molar-refractivity contribution in [2.75, 3.05) is 22.5 Å². The number of carbonyl (C=O) groups is 1. The summed E-state index contributed by atoms with van der Waals surface area (Å²) in [5.41, 5.74) is 5.68. The molecule has 2 heterocycles. The Kier molecular flexibility index (Phi) is 5.16. The van der Waals surface area contributed by atoms with Crippen molar-refractivity contribution in [2.45, 2.75) is 32.2 Å². The third kappa shape index (κ3) is 4.21. The normalized spacial score (nSPS) is 14.4. The average molecular weight is 387 g/mol. The number of para-hydroxylation sites is 1. The predicted octanol–water partition coefficient (Wildman–Crippen LogP) is 4.43. The molecule has 0 unspecified atom stereocenters. The fraction of sp³-hybridized carbons (Fsp3) is 0.261. The minimum absolute atomic E-state index is 0.140. The number of hydrogen-bond acceptors (Lipinski definition) is 5. The first-order valence-electron chi connectivity index (χ1n) is 9.81. The van der Waals surface area contributed by atoms with Crippen molar-refractivity contribution in [2.24, 2.45) is 0 Å². The first-order valence-corrected chi connectivity index (χ1v) is 9.81. The number of nitrogens with one attached hydrogen (secondary N) is 3. The second kappa shape index (κ2) is 7.91. The van der Waals surface area contributed by atoms with Crippen LogP contribution in [0.5, 0.6) is 0 Å². The van der Waals surface area contributed by atoms with Crippen molar-refractivity contribution in [1.82, 2.24) is 10.2 Å². The van der Waals surface area contributed by atoms with Crippen LogP contribution in [0.1, 0.15) is 41.8 Å². The molecule has 0 atom stereocenters. The van der Waals surface area contributed by atoms with Gasteiger partial charge < -0.3 is 16.0 Å². The molecule has 0 bridgehead atoms. The van der Waals surface area contributed by atoms with E-state index in [1.54, 1.807) is 12.4 Å². The van der Waals surface area contributed by atoms with E-state index in [9.17, 15) is 4.79 Å². The zero-order valence-electron chi connectivity index (χ0n) is 16.7. The molecular formula is C23H25N5O. The Balaban J connectivity index is 1.51. The van der Waals surface area contributed by atoms with Gasteiger partial charge in [0, 0.05) is 36.3 Å². The molecule has 3 N–H and O–H groups in total. The lowest BCUT2D eigenvalue weighted by molar-refractivity contribution is 0.102. The molecule has 1 amide bonds. The maximum atomic E-state index is 12.9. The van der Waals surface area contributed by atoms with Crippen LogP contribution < -0.4 is 16.0 Å². The molecule has 0 spiro atoms. The number of amides is 1. The molecular weight excluding hydrogens is 362 g/mol. The van der Waals surface area contributed by atoms with Gasteiger partial charge in [-0.1, -0.05) is 32.0 Å². The van der Waals surface area contributed by atoms with Crippen LogP contribution >= 0.6 is 0 Å². The van der Waals surface area contributed by atoms with Gasteiger partial charge in [0.2, 0.25) is 0 Å². The van der Waals surface area contributed by atoms with Gasteiger partial charge >= 0.3 is 0 Å². The van der Waals surface area contributed by atoms with Crippen LogP contribution in [0.25, 0.3) is 0 Å². The molecule has 2 aromatic carbocycles. The van der Waals surface area contributed by atoms with Crippen molar-refractivity contribution in [3.05, 3.63) is 77.6 Å². The van der Waals surface area contributed by atoms with Gasteiger partial charge in [0.25, 0.3) is 5.91 Å². The van der Waals surface area contributed by atoms with Gasteiger partial charge in [-0.3, -0.25) is 4.79 Å². The summed E-state index contributed by atoms with van der Waals surface area (Å²) >= 11 is 0. The molecule has 0 saturated carbocycles.